The maximum atomic E-state index is 13.5. The number of carbonyl (C=O) groups excluding carboxylic acids is 1. The standard InChI is InChI=1S/C17H17F2NO3/c1-22-12-7-8-15(23-2)11(10-12)6-9-16(21)20-17-13(18)4-3-5-14(17)19/h3-5,7-8,10H,6,9H2,1-2H3,(H,20,21). The van der Waals surface area contributed by atoms with Crippen molar-refractivity contribution in [2.24, 2.45) is 0 Å². The van der Waals surface area contributed by atoms with Crippen LogP contribution < -0.4 is 14.8 Å². The summed E-state index contributed by atoms with van der Waals surface area (Å²) in [5, 5.41) is 2.25. The molecule has 0 unspecified atom stereocenters. The lowest BCUT2D eigenvalue weighted by Gasteiger charge is -2.11. The van der Waals surface area contributed by atoms with Crippen molar-refractivity contribution in [2.75, 3.05) is 19.5 Å². The van der Waals surface area contributed by atoms with Crippen LogP contribution >= 0.6 is 0 Å². The summed E-state index contributed by atoms with van der Waals surface area (Å²) in [4.78, 5) is 11.9. The Morgan fingerprint density at radius 3 is 2.39 bits per heavy atom. The molecule has 0 fully saturated rings. The van der Waals surface area contributed by atoms with Crippen LogP contribution in [0.3, 0.4) is 0 Å². The summed E-state index contributed by atoms with van der Waals surface area (Å²) >= 11 is 0. The molecule has 0 atom stereocenters. The van der Waals surface area contributed by atoms with Gasteiger partial charge in [0.05, 0.1) is 14.2 Å². The summed E-state index contributed by atoms with van der Waals surface area (Å²) in [6.07, 6.45) is 0.402. The van der Waals surface area contributed by atoms with E-state index in [2.05, 4.69) is 5.32 Å². The van der Waals surface area contributed by atoms with Crippen LogP contribution in [-0.2, 0) is 11.2 Å². The summed E-state index contributed by atoms with van der Waals surface area (Å²) in [6, 6.07) is 8.66. The first kappa shape index (κ1) is 16.7. The highest BCUT2D eigenvalue weighted by molar-refractivity contribution is 5.91. The summed E-state index contributed by atoms with van der Waals surface area (Å²) in [7, 11) is 3.07. The van der Waals surface area contributed by atoms with Crippen molar-refractivity contribution in [3.05, 3.63) is 53.6 Å². The first-order valence-corrected chi connectivity index (χ1v) is 7.00. The predicted molar refractivity (Wildman–Crippen MR) is 82.9 cm³/mol. The van der Waals surface area contributed by atoms with Gasteiger partial charge in [0, 0.05) is 6.42 Å². The number of rotatable bonds is 6. The molecule has 0 radical (unpaired) electrons. The van der Waals surface area contributed by atoms with E-state index >= 15 is 0 Å². The lowest BCUT2D eigenvalue weighted by atomic mass is 10.1. The molecule has 0 aromatic heterocycles. The van der Waals surface area contributed by atoms with Gasteiger partial charge < -0.3 is 14.8 Å². The number of ether oxygens (including phenoxy) is 2. The van der Waals surface area contributed by atoms with Gasteiger partial charge in [-0.3, -0.25) is 4.79 Å². The lowest BCUT2D eigenvalue weighted by molar-refractivity contribution is -0.116. The van der Waals surface area contributed by atoms with Gasteiger partial charge in [-0.2, -0.15) is 0 Å². The molecule has 0 aliphatic heterocycles. The number of carbonyl (C=O) groups is 1. The first-order valence-electron chi connectivity index (χ1n) is 7.00. The number of amides is 1. The molecule has 6 heteroatoms. The summed E-state index contributed by atoms with van der Waals surface area (Å²) in [5.74, 6) is -0.842. The second-order valence-electron chi connectivity index (χ2n) is 4.82. The minimum absolute atomic E-state index is 0.0529. The number of para-hydroxylation sites is 1. The van der Waals surface area contributed by atoms with E-state index in [-0.39, 0.29) is 6.42 Å². The van der Waals surface area contributed by atoms with Crippen molar-refractivity contribution in [2.45, 2.75) is 12.8 Å². The largest absolute Gasteiger partial charge is 0.497 e. The SMILES string of the molecule is COc1ccc(OC)c(CCC(=O)Nc2c(F)cccc2F)c1. The van der Waals surface area contributed by atoms with Gasteiger partial charge in [-0.05, 0) is 42.3 Å². The van der Waals surface area contributed by atoms with Crippen molar-refractivity contribution in [1.82, 2.24) is 0 Å². The molecule has 0 spiro atoms. The topological polar surface area (TPSA) is 47.6 Å². The van der Waals surface area contributed by atoms with Gasteiger partial charge in [0.2, 0.25) is 5.91 Å². The maximum absolute atomic E-state index is 13.5. The third kappa shape index (κ3) is 4.18. The number of hydrogen-bond acceptors (Lipinski definition) is 3. The molecule has 1 amide bonds. The van der Waals surface area contributed by atoms with Crippen LogP contribution in [0.2, 0.25) is 0 Å². The Hall–Kier alpha value is -2.63. The molecule has 2 aromatic carbocycles. The van der Waals surface area contributed by atoms with Crippen molar-refractivity contribution >= 4 is 11.6 Å². The number of benzene rings is 2. The first-order chi connectivity index (χ1) is 11.0. The Labute approximate surface area is 133 Å². The van der Waals surface area contributed by atoms with Crippen molar-refractivity contribution in [3.8, 4) is 11.5 Å². The summed E-state index contributed by atoms with van der Waals surface area (Å²) in [5.41, 5.74) is 0.339. The van der Waals surface area contributed by atoms with Gasteiger partial charge in [0.25, 0.3) is 0 Å². The fourth-order valence-corrected chi connectivity index (χ4v) is 2.14. The molecular formula is C17H17F2NO3. The van der Waals surface area contributed by atoms with Gasteiger partial charge in [-0.1, -0.05) is 6.07 Å². The zero-order chi connectivity index (χ0) is 16.8. The van der Waals surface area contributed by atoms with Gasteiger partial charge in [0.15, 0.2) is 0 Å². The third-order valence-electron chi connectivity index (χ3n) is 3.34. The van der Waals surface area contributed by atoms with E-state index in [1.165, 1.54) is 13.2 Å². The van der Waals surface area contributed by atoms with Crippen LogP contribution in [0, 0.1) is 11.6 Å². The molecular weight excluding hydrogens is 304 g/mol. The highest BCUT2D eigenvalue weighted by Gasteiger charge is 2.13. The molecule has 2 aromatic rings. The van der Waals surface area contributed by atoms with E-state index in [4.69, 9.17) is 9.47 Å². The zero-order valence-electron chi connectivity index (χ0n) is 12.9. The molecule has 1 N–H and O–H groups in total. The Morgan fingerprint density at radius 1 is 1.09 bits per heavy atom. The smallest absolute Gasteiger partial charge is 0.224 e. The maximum Gasteiger partial charge on any atom is 0.224 e. The number of hydrogen-bond donors (Lipinski definition) is 1. The van der Waals surface area contributed by atoms with E-state index in [9.17, 15) is 13.6 Å². The van der Waals surface area contributed by atoms with Gasteiger partial charge >= 0.3 is 0 Å². The number of anilines is 1. The molecule has 0 aliphatic rings. The van der Waals surface area contributed by atoms with E-state index in [0.29, 0.717) is 17.9 Å². The monoisotopic (exact) mass is 321 g/mol. The molecule has 23 heavy (non-hydrogen) atoms. The van der Waals surface area contributed by atoms with Crippen LogP contribution in [0.15, 0.2) is 36.4 Å². The Kier molecular flexibility index (Phi) is 5.51. The molecule has 122 valence electrons. The highest BCUT2D eigenvalue weighted by Crippen LogP contribution is 2.25. The molecule has 0 saturated carbocycles. The summed E-state index contributed by atoms with van der Waals surface area (Å²) < 4.78 is 37.4. The average molecular weight is 321 g/mol. The molecule has 2 rings (SSSR count). The number of nitrogens with one attached hydrogen (secondary N) is 1. The van der Waals surface area contributed by atoms with Gasteiger partial charge in [-0.25, -0.2) is 8.78 Å². The predicted octanol–water partition coefficient (Wildman–Crippen LogP) is 3.55. The normalized spacial score (nSPS) is 10.3. The van der Waals surface area contributed by atoms with Crippen LogP contribution in [-0.4, -0.2) is 20.1 Å². The van der Waals surface area contributed by atoms with Crippen LogP contribution in [0.4, 0.5) is 14.5 Å². The van der Waals surface area contributed by atoms with E-state index in [0.717, 1.165) is 17.7 Å². The zero-order valence-corrected chi connectivity index (χ0v) is 12.9. The fourth-order valence-electron chi connectivity index (χ4n) is 2.14. The molecule has 4 nitrogen and oxygen atoms in total. The Bertz CT molecular complexity index is 684. The average Bonchev–Trinajstić information content (AvgIpc) is 2.56. The minimum atomic E-state index is -0.808. The van der Waals surface area contributed by atoms with Crippen molar-refractivity contribution in [1.29, 1.82) is 0 Å². The van der Waals surface area contributed by atoms with Gasteiger partial charge in [-0.15, -0.1) is 0 Å². The Balaban J connectivity index is 2.05. The molecule has 0 aliphatic carbocycles. The second-order valence-corrected chi connectivity index (χ2v) is 4.82. The van der Waals surface area contributed by atoms with Crippen molar-refractivity contribution in [3.63, 3.8) is 0 Å². The number of methoxy groups -OCH3 is 2. The van der Waals surface area contributed by atoms with Crippen LogP contribution in [0.5, 0.6) is 11.5 Å². The second kappa shape index (κ2) is 7.58. The van der Waals surface area contributed by atoms with E-state index < -0.39 is 23.2 Å². The Morgan fingerprint density at radius 2 is 1.78 bits per heavy atom. The van der Waals surface area contributed by atoms with Crippen molar-refractivity contribution < 1.29 is 23.0 Å². The van der Waals surface area contributed by atoms with Crippen LogP contribution in [0.25, 0.3) is 0 Å². The molecule has 0 heterocycles. The number of halogens is 2. The third-order valence-corrected chi connectivity index (χ3v) is 3.34. The lowest BCUT2D eigenvalue weighted by Crippen LogP contribution is -2.15. The number of aryl methyl sites for hydroxylation is 1. The molecule has 0 saturated heterocycles. The van der Waals surface area contributed by atoms with Crippen LogP contribution in [0.1, 0.15) is 12.0 Å². The highest BCUT2D eigenvalue weighted by atomic mass is 19.1. The van der Waals surface area contributed by atoms with E-state index in [1.807, 2.05) is 0 Å². The van der Waals surface area contributed by atoms with E-state index in [1.54, 1.807) is 25.3 Å². The minimum Gasteiger partial charge on any atom is -0.497 e. The molecule has 0 bridgehead atoms. The summed E-state index contributed by atoms with van der Waals surface area (Å²) in [6.45, 7) is 0. The fraction of sp³-hybridized carbons (Fsp3) is 0.235. The van der Waals surface area contributed by atoms with Gasteiger partial charge in [0.1, 0.15) is 28.8 Å². The quantitative estimate of drug-likeness (QED) is 0.885.